The highest BCUT2D eigenvalue weighted by molar-refractivity contribution is 7.91. The topological polar surface area (TPSA) is 90.4 Å². The van der Waals surface area contributed by atoms with Crippen molar-refractivity contribution in [1.29, 1.82) is 0 Å². The zero-order chi connectivity index (χ0) is 12.8. The number of anilines is 1. The fourth-order valence-electron chi connectivity index (χ4n) is 2.24. The SMILES string of the molecule is Nc1ccn2nc(C3CCS(=O)(=O)CC3)nc2c1. The van der Waals surface area contributed by atoms with E-state index in [-0.39, 0.29) is 17.4 Å². The third kappa shape index (κ3) is 2.05. The minimum Gasteiger partial charge on any atom is -0.399 e. The van der Waals surface area contributed by atoms with Gasteiger partial charge in [-0.05, 0) is 18.9 Å². The Morgan fingerprint density at radius 2 is 2.06 bits per heavy atom. The highest BCUT2D eigenvalue weighted by atomic mass is 32.2. The van der Waals surface area contributed by atoms with E-state index in [0.29, 0.717) is 24.2 Å². The third-order valence-electron chi connectivity index (χ3n) is 3.30. The standard InChI is InChI=1S/C11H14N4O2S/c12-9-1-4-15-10(7-9)13-11(14-15)8-2-5-18(16,17)6-3-8/h1,4,7-8H,2-3,5-6,12H2. The number of hydrogen-bond acceptors (Lipinski definition) is 5. The molecule has 0 saturated carbocycles. The smallest absolute Gasteiger partial charge is 0.157 e. The van der Waals surface area contributed by atoms with Crippen LogP contribution in [0.25, 0.3) is 5.65 Å². The van der Waals surface area contributed by atoms with Crippen molar-refractivity contribution >= 4 is 21.2 Å². The molecular weight excluding hydrogens is 252 g/mol. The molecule has 3 rings (SSSR count). The summed E-state index contributed by atoms with van der Waals surface area (Å²) in [5.41, 5.74) is 7.04. The molecule has 0 aliphatic carbocycles. The Bertz CT molecular complexity index is 678. The number of rotatable bonds is 1. The number of fused-ring (bicyclic) bond motifs is 1. The molecule has 96 valence electrons. The molecule has 0 aromatic carbocycles. The summed E-state index contributed by atoms with van der Waals surface area (Å²) in [7, 11) is -2.84. The molecule has 1 aliphatic rings. The fraction of sp³-hybridized carbons (Fsp3) is 0.455. The molecule has 1 aliphatic heterocycles. The van der Waals surface area contributed by atoms with Crippen molar-refractivity contribution in [2.24, 2.45) is 0 Å². The van der Waals surface area contributed by atoms with Gasteiger partial charge in [0.15, 0.2) is 11.5 Å². The maximum absolute atomic E-state index is 11.4. The summed E-state index contributed by atoms with van der Waals surface area (Å²) in [6.07, 6.45) is 2.98. The maximum atomic E-state index is 11.4. The van der Waals surface area contributed by atoms with E-state index in [1.807, 2.05) is 0 Å². The van der Waals surface area contributed by atoms with E-state index in [1.165, 1.54) is 0 Å². The van der Waals surface area contributed by atoms with Gasteiger partial charge in [0, 0.05) is 23.9 Å². The molecular formula is C11H14N4O2S. The van der Waals surface area contributed by atoms with Crippen molar-refractivity contribution in [3.8, 4) is 0 Å². The number of hydrogen-bond donors (Lipinski definition) is 1. The van der Waals surface area contributed by atoms with Crippen molar-refractivity contribution < 1.29 is 8.42 Å². The molecule has 2 N–H and O–H groups in total. The Hall–Kier alpha value is -1.63. The predicted octanol–water partition coefficient (Wildman–Crippen LogP) is 0.604. The van der Waals surface area contributed by atoms with E-state index >= 15 is 0 Å². The summed E-state index contributed by atoms with van der Waals surface area (Å²) in [4.78, 5) is 4.42. The first kappa shape index (κ1) is 11.5. The first-order valence-corrected chi connectivity index (χ1v) is 7.68. The second kappa shape index (κ2) is 3.94. The Morgan fingerprint density at radius 3 is 2.78 bits per heavy atom. The second-order valence-electron chi connectivity index (χ2n) is 4.66. The molecule has 2 aromatic rings. The Kier molecular flexibility index (Phi) is 2.51. The lowest BCUT2D eigenvalue weighted by Gasteiger charge is -2.18. The zero-order valence-corrected chi connectivity index (χ0v) is 10.6. The average Bonchev–Trinajstić information content (AvgIpc) is 2.71. The minimum absolute atomic E-state index is 0.134. The van der Waals surface area contributed by atoms with E-state index < -0.39 is 9.84 Å². The van der Waals surface area contributed by atoms with Gasteiger partial charge in [-0.3, -0.25) is 0 Å². The highest BCUT2D eigenvalue weighted by Gasteiger charge is 2.27. The number of nitrogens with zero attached hydrogens (tertiary/aromatic N) is 3. The van der Waals surface area contributed by atoms with Gasteiger partial charge in [0.05, 0.1) is 11.5 Å². The molecule has 0 unspecified atom stereocenters. The first-order chi connectivity index (χ1) is 8.53. The molecule has 2 aromatic heterocycles. The summed E-state index contributed by atoms with van der Waals surface area (Å²) in [6.45, 7) is 0. The van der Waals surface area contributed by atoms with Gasteiger partial charge in [-0.2, -0.15) is 5.10 Å². The van der Waals surface area contributed by atoms with Crippen molar-refractivity contribution in [2.45, 2.75) is 18.8 Å². The van der Waals surface area contributed by atoms with Gasteiger partial charge in [-0.25, -0.2) is 17.9 Å². The second-order valence-corrected chi connectivity index (χ2v) is 6.96. The third-order valence-corrected chi connectivity index (χ3v) is 5.01. The van der Waals surface area contributed by atoms with Gasteiger partial charge in [-0.1, -0.05) is 0 Å². The summed E-state index contributed by atoms with van der Waals surface area (Å²) >= 11 is 0. The molecule has 0 radical (unpaired) electrons. The molecule has 7 heteroatoms. The lowest BCUT2D eigenvalue weighted by atomic mass is 10.0. The normalized spacial score (nSPS) is 20.2. The van der Waals surface area contributed by atoms with Crippen LogP contribution in [0.5, 0.6) is 0 Å². The average molecular weight is 266 g/mol. The monoisotopic (exact) mass is 266 g/mol. The van der Waals surface area contributed by atoms with E-state index in [2.05, 4.69) is 10.1 Å². The molecule has 0 bridgehead atoms. The van der Waals surface area contributed by atoms with E-state index in [4.69, 9.17) is 5.73 Å². The van der Waals surface area contributed by atoms with Crippen molar-refractivity contribution in [2.75, 3.05) is 17.2 Å². The van der Waals surface area contributed by atoms with Gasteiger partial charge in [0.2, 0.25) is 0 Å². The van der Waals surface area contributed by atoms with Crippen molar-refractivity contribution in [3.63, 3.8) is 0 Å². The van der Waals surface area contributed by atoms with Crippen LogP contribution in [-0.2, 0) is 9.84 Å². The Morgan fingerprint density at radius 1 is 1.33 bits per heavy atom. The largest absolute Gasteiger partial charge is 0.399 e. The van der Waals surface area contributed by atoms with Gasteiger partial charge >= 0.3 is 0 Å². The van der Waals surface area contributed by atoms with Crippen molar-refractivity contribution in [3.05, 3.63) is 24.2 Å². The molecule has 0 atom stereocenters. The number of sulfone groups is 1. The quantitative estimate of drug-likeness (QED) is 0.816. The minimum atomic E-state index is -2.84. The fourth-order valence-corrected chi connectivity index (χ4v) is 3.73. The van der Waals surface area contributed by atoms with Crippen LogP contribution in [-0.4, -0.2) is 34.5 Å². The number of nitrogen functional groups attached to an aromatic ring is 1. The van der Waals surface area contributed by atoms with Crippen LogP contribution in [0.1, 0.15) is 24.6 Å². The summed E-state index contributed by atoms with van der Waals surface area (Å²) in [5, 5.41) is 4.38. The van der Waals surface area contributed by atoms with Gasteiger partial charge in [0.1, 0.15) is 9.84 Å². The van der Waals surface area contributed by atoms with Crippen LogP contribution in [0, 0.1) is 0 Å². The molecule has 3 heterocycles. The lowest BCUT2D eigenvalue weighted by molar-refractivity contribution is 0.537. The predicted molar refractivity (Wildman–Crippen MR) is 68.0 cm³/mol. The van der Waals surface area contributed by atoms with Gasteiger partial charge in [-0.15, -0.1) is 0 Å². The Balaban J connectivity index is 1.91. The lowest BCUT2D eigenvalue weighted by Crippen LogP contribution is -2.22. The van der Waals surface area contributed by atoms with Gasteiger partial charge in [0.25, 0.3) is 0 Å². The summed E-state index contributed by atoms with van der Waals surface area (Å²) in [5.74, 6) is 1.32. The van der Waals surface area contributed by atoms with Crippen LogP contribution in [0.4, 0.5) is 5.69 Å². The maximum Gasteiger partial charge on any atom is 0.157 e. The van der Waals surface area contributed by atoms with Crippen LogP contribution in [0.15, 0.2) is 18.3 Å². The number of pyridine rings is 1. The zero-order valence-electron chi connectivity index (χ0n) is 9.78. The van der Waals surface area contributed by atoms with Gasteiger partial charge < -0.3 is 5.73 Å². The van der Waals surface area contributed by atoms with Crippen molar-refractivity contribution in [1.82, 2.24) is 14.6 Å². The molecule has 6 nitrogen and oxygen atoms in total. The van der Waals surface area contributed by atoms with Crippen LogP contribution in [0.3, 0.4) is 0 Å². The summed E-state index contributed by atoms with van der Waals surface area (Å²) in [6, 6.07) is 3.52. The van der Waals surface area contributed by atoms with Crippen LogP contribution in [0.2, 0.25) is 0 Å². The van der Waals surface area contributed by atoms with Crippen LogP contribution < -0.4 is 5.73 Å². The highest BCUT2D eigenvalue weighted by Crippen LogP contribution is 2.27. The molecule has 1 fully saturated rings. The molecule has 1 saturated heterocycles. The number of nitrogens with two attached hydrogens (primary N) is 1. The first-order valence-electron chi connectivity index (χ1n) is 5.86. The molecule has 0 amide bonds. The molecule has 0 spiro atoms. The van der Waals surface area contributed by atoms with E-state index in [9.17, 15) is 8.42 Å². The molecule has 18 heavy (non-hydrogen) atoms. The number of aromatic nitrogens is 3. The van der Waals surface area contributed by atoms with E-state index in [1.54, 1.807) is 22.8 Å². The summed E-state index contributed by atoms with van der Waals surface area (Å²) < 4.78 is 24.4. The van der Waals surface area contributed by atoms with E-state index in [0.717, 1.165) is 5.82 Å². The Labute approximate surface area is 105 Å². The van der Waals surface area contributed by atoms with Crippen LogP contribution >= 0.6 is 0 Å².